The van der Waals surface area contributed by atoms with Crippen molar-refractivity contribution < 1.29 is 18.0 Å². The van der Waals surface area contributed by atoms with Crippen LogP contribution in [0, 0.1) is 17.5 Å². The third-order valence-electron chi connectivity index (χ3n) is 2.78. The zero-order chi connectivity index (χ0) is 14.7. The molecular weight excluding hydrogens is 269 g/mol. The normalized spacial score (nSPS) is 12.0. The highest BCUT2D eigenvalue weighted by Crippen LogP contribution is 2.15. The lowest BCUT2D eigenvalue weighted by molar-refractivity contribution is 0.0938. The molecule has 3 nitrogen and oxygen atoms in total. The second kappa shape index (κ2) is 5.73. The van der Waals surface area contributed by atoms with E-state index >= 15 is 0 Å². The van der Waals surface area contributed by atoms with Gasteiger partial charge in [-0.3, -0.25) is 9.78 Å². The number of halogens is 3. The highest BCUT2D eigenvalue weighted by Gasteiger charge is 2.17. The average Bonchev–Trinajstić information content (AvgIpc) is 2.45. The van der Waals surface area contributed by atoms with Crippen LogP contribution in [0.1, 0.15) is 28.9 Å². The predicted octanol–water partition coefficient (Wildman–Crippen LogP) is 2.99. The Labute approximate surface area is 113 Å². The lowest BCUT2D eigenvalue weighted by Gasteiger charge is -2.14. The Hall–Kier alpha value is -2.37. The molecule has 2 aromatic rings. The van der Waals surface area contributed by atoms with E-state index in [0.29, 0.717) is 12.1 Å². The maximum atomic E-state index is 13.1. The summed E-state index contributed by atoms with van der Waals surface area (Å²) in [4.78, 5) is 15.8. The molecule has 1 N–H and O–H groups in total. The molecule has 2 rings (SSSR count). The Morgan fingerprint density at radius 1 is 1.25 bits per heavy atom. The maximum Gasteiger partial charge on any atom is 0.251 e. The van der Waals surface area contributed by atoms with Crippen molar-refractivity contribution >= 4 is 5.91 Å². The first-order chi connectivity index (χ1) is 9.49. The van der Waals surface area contributed by atoms with Gasteiger partial charge in [-0.25, -0.2) is 13.2 Å². The number of pyridine rings is 1. The van der Waals surface area contributed by atoms with Gasteiger partial charge in [0.25, 0.3) is 5.91 Å². The molecule has 0 aliphatic carbocycles. The molecule has 1 heterocycles. The first-order valence-electron chi connectivity index (χ1n) is 5.84. The minimum absolute atomic E-state index is 0.280. The number of aromatic nitrogens is 1. The summed E-state index contributed by atoms with van der Waals surface area (Å²) >= 11 is 0. The van der Waals surface area contributed by atoms with E-state index in [1.54, 1.807) is 31.5 Å². The Morgan fingerprint density at radius 2 is 1.90 bits per heavy atom. The molecule has 0 saturated carbocycles. The van der Waals surface area contributed by atoms with Crippen molar-refractivity contribution in [2.75, 3.05) is 0 Å². The van der Waals surface area contributed by atoms with E-state index in [1.165, 1.54) is 0 Å². The fraction of sp³-hybridized carbons (Fsp3) is 0.143. The molecule has 1 aromatic carbocycles. The van der Waals surface area contributed by atoms with Gasteiger partial charge in [-0.1, -0.05) is 6.07 Å². The molecule has 0 bridgehead atoms. The van der Waals surface area contributed by atoms with Crippen LogP contribution in [0.25, 0.3) is 0 Å². The molecule has 0 spiro atoms. The summed E-state index contributed by atoms with van der Waals surface area (Å²) in [6.07, 6.45) is 3.15. The lowest BCUT2D eigenvalue weighted by atomic mass is 10.1. The van der Waals surface area contributed by atoms with Gasteiger partial charge in [0.15, 0.2) is 17.5 Å². The summed E-state index contributed by atoms with van der Waals surface area (Å²) in [6, 6.07) is 4.37. The van der Waals surface area contributed by atoms with E-state index < -0.39 is 29.4 Å². The van der Waals surface area contributed by atoms with Gasteiger partial charge in [-0.05, 0) is 30.7 Å². The van der Waals surface area contributed by atoms with Crippen LogP contribution in [0.3, 0.4) is 0 Å². The summed E-state index contributed by atoms with van der Waals surface area (Å²) in [7, 11) is 0. The second-order valence-corrected chi connectivity index (χ2v) is 4.24. The molecule has 0 saturated heterocycles. The molecular formula is C14H11F3N2O. The summed E-state index contributed by atoms with van der Waals surface area (Å²) < 4.78 is 38.9. The molecule has 1 amide bonds. The minimum atomic E-state index is -1.60. The topological polar surface area (TPSA) is 42.0 Å². The van der Waals surface area contributed by atoms with E-state index in [0.717, 1.165) is 5.56 Å². The van der Waals surface area contributed by atoms with Gasteiger partial charge in [0.1, 0.15) is 0 Å². The van der Waals surface area contributed by atoms with Crippen molar-refractivity contribution in [2.45, 2.75) is 13.0 Å². The highest BCUT2D eigenvalue weighted by atomic mass is 19.2. The van der Waals surface area contributed by atoms with E-state index in [4.69, 9.17) is 0 Å². The van der Waals surface area contributed by atoms with Crippen molar-refractivity contribution in [3.8, 4) is 0 Å². The number of rotatable bonds is 3. The number of nitrogens with zero attached hydrogens (tertiary/aromatic N) is 1. The van der Waals surface area contributed by atoms with Gasteiger partial charge < -0.3 is 5.32 Å². The van der Waals surface area contributed by atoms with E-state index in [1.807, 2.05) is 0 Å². The van der Waals surface area contributed by atoms with Crippen molar-refractivity contribution in [1.82, 2.24) is 10.3 Å². The Morgan fingerprint density at radius 3 is 2.45 bits per heavy atom. The Balaban J connectivity index is 2.17. The second-order valence-electron chi connectivity index (χ2n) is 4.24. The average molecular weight is 280 g/mol. The summed E-state index contributed by atoms with van der Waals surface area (Å²) in [5.41, 5.74) is 0.459. The first kappa shape index (κ1) is 14.0. The van der Waals surface area contributed by atoms with Crippen LogP contribution in [0.2, 0.25) is 0 Å². The first-order valence-corrected chi connectivity index (χ1v) is 5.84. The maximum absolute atomic E-state index is 13.1. The van der Waals surface area contributed by atoms with Gasteiger partial charge in [0, 0.05) is 18.0 Å². The molecule has 0 aliphatic heterocycles. The Kier molecular flexibility index (Phi) is 4.02. The molecule has 0 fully saturated rings. The molecule has 20 heavy (non-hydrogen) atoms. The number of carbonyl (C=O) groups excluding carboxylic acids is 1. The van der Waals surface area contributed by atoms with Gasteiger partial charge in [0.2, 0.25) is 0 Å². The molecule has 104 valence electrons. The van der Waals surface area contributed by atoms with Crippen molar-refractivity contribution in [2.24, 2.45) is 0 Å². The van der Waals surface area contributed by atoms with Crippen LogP contribution in [-0.2, 0) is 0 Å². The summed E-state index contributed by atoms with van der Waals surface area (Å²) in [6.45, 7) is 1.70. The zero-order valence-corrected chi connectivity index (χ0v) is 10.5. The number of amides is 1. The number of benzene rings is 1. The highest BCUT2D eigenvalue weighted by molar-refractivity contribution is 5.94. The number of nitrogens with one attached hydrogen (secondary N) is 1. The van der Waals surface area contributed by atoms with Crippen LogP contribution < -0.4 is 5.32 Å². The minimum Gasteiger partial charge on any atom is -0.345 e. The van der Waals surface area contributed by atoms with Crippen LogP contribution >= 0.6 is 0 Å². The summed E-state index contributed by atoms with van der Waals surface area (Å²) in [5.74, 6) is -5.09. The Bertz CT molecular complexity index is 609. The third kappa shape index (κ3) is 2.96. The fourth-order valence-electron chi connectivity index (χ4n) is 1.68. The van der Waals surface area contributed by atoms with Crippen molar-refractivity contribution in [1.29, 1.82) is 0 Å². The van der Waals surface area contributed by atoms with Gasteiger partial charge >= 0.3 is 0 Å². The summed E-state index contributed by atoms with van der Waals surface area (Å²) in [5, 5.41) is 2.55. The molecule has 0 aliphatic rings. The van der Waals surface area contributed by atoms with Gasteiger partial charge in [-0.15, -0.1) is 0 Å². The number of hydrogen-bond acceptors (Lipinski definition) is 2. The standard InChI is InChI=1S/C14H11F3N2O/c1-8(9-3-2-4-18-7-9)19-14(20)10-5-11(15)13(17)12(16)6-10/h2-8H,1H3,(H,19,20). The lowest BCUT2D eigenvalue weighted by Crippen LogP contribution is -2.27. The van der Waals surface area contributed by atoms with Crippen molar-refractivity contribution in [3.63, 3.8) is 0 Å². The van der Waals surface area contributed by atoms with Crippen LogP contribution in [0.15, 0.2) is 36.7 Å². The molecule has 1 unspecified atom stereocenters. The van der Waals surface area contributed by atoms with Crippen LogP contribution in [0.5, 0.6) is 0 Å². The number of hydrogen-bond donors (Lipinski definition) is 1. The van der Waals surface area contributed by atoms with E-state index in [-0.39, 0.29) is 5.56 Å². The van der Waals surface area contributed by atoms with E-state index in [2.05, 4.69) is 10.3 Å². The van der Waals surface area contributed by atoms with Crippen LogP contribution in [-0.4, -0.2) is 10.9 Å². The van der Waals surface area contributed by atoms with Gasteiger partial charge in [0.05, 0.1) is 6.04 Å². The number of carbonyl (C=O) groups is 1. The molecule has 1 aromatic heterocycles. The predicted molar refractivity (Wildman–Crippen MR) is 66.4 cm³/mol. The largest absolute Gasteiger partial charge is 0.345 e. The SMILES string of the molecule is CC(NC(=O)c1cc(F)c(F)c(F)c1)c1cccnc1. The molecule has 1 atom stereocenters. The smallest absolute Gasteiger partial charge is 0.251 e. The fourth-order valence-corrected chi connectivity index (χ4v) is 1.68. The van der Waals surface area contributed by atoms with Gasteiger partial charge in [-0.2, -0.15) is 0 Å². The quantitative estimate of drug-likeness (QED) is 0.878. The third-order valence-corrected chi connectivity index (χ3v) is 2.78. The van der Waals surface area contributed by atoms with Crippen LogP contribution in [0.4, 0.5) is 13.2 Å². The molecule has 0 radical (unpaired) electrons. The molecule has 6 heteroatoms. The van der Waals surface area contributed by atoms with Crippen molar-refractivity contribution in [3.05, 3.63) is 65.2 Å². The zero-order valence-electron chi connectivity index (χ0n) is 10.5. The monoisotopic (exact) mass is 280 g/mol. The van der Waals surface area contributed by atoms with E-state index in [9.17, 15) is 18.0 Å².